The van der Waals surface area contributed by atoms with Gasteiger partial charge in [0.15, 0.2) is 11.2 Å². The van der Waals surface area contributed by atoms with Crippen LogP contribution in [0.3, 0.4) is 0 Å². The molecule has 1 N–H and O–H groups in total. The van der Waals surface area contributed by atoms with E-state index in [1.165, 1.54) is 13.0 Å². The summed E-state index contributed by atoms with van der Waals surface area (Å²) in [5.74, 6) is -1.42. The first-order valence-electron chi connectivity index (χ1n) is 5.03. The van der Waals surface area contributed by atoms with Gasteiger partial charge in [0.2, 0.25) is 0 Å². The predicted octanol–water partition coefficient (Wildman–Crippen LogP) is 2.05. The lowest BCUT2D eigenvalue weighted by atomic mass is 9.92. The molecule has 3 nitrogen and oxygen atoms in total. The fourth-order valence-electron chi connectivity index (χ4n) is 1.84. The van der Waals surface area contributed by atoms with Crippen molar-refractivity contribution >= 4 is 17.3 Å². The third-order valence-electron chi connectivity index (χ3n) is 2.96. The molecular weight excluding hydrogens is 204 g/mol. The molecular formula is C13H12O3. The minimum absolute atomic E-state index is 0.337. The van der Waals surface area contributed by atoms with Crippen molar-refractivity contribution < 1.29 is 14.7 Å². The number of carbonyl (C=O) groups is 2. The van der Waals surface area contributed by atoms with Crippen LogP contribution in [-0.2, 0) is 9.59 Å². The molecule has 0 spiro atoms. The Morgan fingerprint density at radius 3 is 2.12 bits per heavy atom. The van der Waals surface area contributed by atoms with Gasteiger partial charge in [-0.25, -0.2) is 0 Å². The summed E-state index contributed by atoms with van der Waals surface area (Å²) in [7, 11) is 0. The molecule has 1 atom stereocenters. The molecule has 0 saturated carbocycles. The summed E-state index contributed by atoms with van der Waals surface area (Å²) in [5, 5.41) is 9.09. The average Bonchev–Trinajstić information content (AvgIpc) is 2.95. The van der Waals surface area contributed by atoms with E-state index in [1.807, 2.05) is 31.2 Å². The summed E-state index contributed by atoms with van der Waals surface area (Å²) in [6, 6.07) is 7.49. The number of ketones is 1. The Hall–Kier alpha value is -1.90. The number of aryl methyl sites for hydroxylation is 1. The largest absolute Gasteiger partial charge is 0.480 e. The van der Waals surface area contributed by atoms with Gasteiger partial charge in [-0.1, -0.05) is 29.8 Å². The van der Waals surface area contributed by atoms with Crippen molar-refractivity contribution in [2.24, 2.45) is 5.41 Å². The van der Waals surface area contributed by atoms with Crippen LogP contribution in [0.1, 0.15) is 18.1 Å². The first-order chi connectivity index (χ1) is 7.48. The van der Waals surface area contributed by atoms with Crippen molar-refractivity contribution in [3.63, 3.8) is 0 Å². The fourth-order valence-corrected chi connectivity index (χ4v) is 1.84. The van der Waals surface area contributed by atoms with Crippen LogP contribution in [0, 0.1) is 12.3 Å². The van der Waals surface area contributed by atoms with E-state index in [-0.39, 0.29) is 5.78 Å². The highest BCUT2D eigenvalue weighted by Gasteiger charge is 2.56. The molecule has 1 aromatic rings. The lowest BCUT2D eigenvalue weighted by Gasteiger charge is -2.09. The number of aliphatic carboxylic acids is 1. The van der Waals surface area contributed by atoms with Gasteiger partial charge in [0.25, 0.3) is 0 Å². The third-order valence-corrected chi connectivity index (χ3v) is 2.96. The SMILES string of the molecule is CC(=O)C1(C(=O)O)C=C1c1ccc(C)cc1. The zero-order valence-electron chi connectivity index (χ0n) is 9.15. The number of hydrogen-bond acceptors (Lipinski definition) is 2. The molecule has 82 valence electrons. The van der Waals surface area contributed by atoms with Gasteiger partial charge in [-0.05, 0) is 31.1 Å². The van der Waals surface area contributed by atoms with Crippen molar-refractivity contribution in [2.45, 2.75) is 13.8 Å². The Balaban J connectivity index is 2.33. The molecule has 0 bridgehead atoms. The summed E-state index contributed by atoms with van der Waals surface area (Å²) >= 11 is 0. The maximum atomic E-state index is 11.4. The maximum absolute atomic E-state index is 11.4. The molecule has 16 heavy (non-hydrogen) atoms. The van der Waals surface area contributed by atoms with Crippen LogP contribution in [-0.4, -0.2) is 16.9 Å². The quantitative estimate of drug-likeness (QED) is 0.787. The van der Waals surface area contributed by atoms with Crippen molar-refractivity contribution in [3.05, 3.63) is 41.5 Å². The van der Waals surface area contributed by atoms with Crippen LogP contribution >= 0.6 is 0 Å². The zero-order valence-corrected chi connectivity index (χ0v) is 9.15. The topological polar surface area (TPSA) is 54.4 Å². The number of rotatable bonds is 3. The van der Waals surface area contributed by atoms with Crippen LogP contribution in [0.2, 0.25) is 0 Å². The Morgan fingerprint density at radius 1 is 1.19 bits per heavy atom. The molecule has 0 aromatic heterocycles. The van der Waals surface area contributed by atoms with E-state index in [2.05, 4.69) is 0 Å². The standard InChI is InChI=1S/C13H12O3/c1-8-3-5-10(6-4-8)11-7-13(11,9(2)14)12(15)16/h3-7H,1-2H3,(H,15,16). The number of benzene rings is 1. The Kier molecular flexibility index (Phi) is 2.19. The van der Waals surface area contributed by atoms with Gasteiger partial charge in [0.1, 0.15) is 0 Å². The molecule has 0 aliphatic heterocycles. The van der Waals surface area contributed by atoms with Gasteiger partial charge in [-0.15, -0.1) is 0 Å². The lowest BCUT2D eigenvalue weighted by Crippen LogP contribution is -2.26. The molecule has 1 aliphatic carbocycles. The monoisotopic (exact) mass is 216 g/mol. The van der Waals surface area contributed by atoms with E-state index in [0.717, 1.165) is 11.1 Å². The second-order valence-electron chi connectivity index (χ2n) is 4.09. The number of Topliss-reactive ketones (excluding diaryl/α,β-unsaturated/α-hetero) is 1. The Morgan fingerprint density at radius 2 is 1.75 bits per heavy atom. The van der Waals surface area contributed by atoms with E-state index >= 15 is 0 Å². The normalized spacial score (nSPS) is 22.5. The second kappa shape index (κ2) is 3.30. The van der Waals surface area contributed by atoms with Gasteiger partial charge in [0.05, 0.1) is 0 Å². The van der Waals surface area contributed by atoms with Gasteiger partial charge < -0.3 is 5.11 Å². The summed E-state index contributed by atoms with van der Waals surface area (Å²) in [6.45, 7) is 3.27. The van der Waals surface area contributed by atoms with Gasteiger partial charge in [0, 0.05) is 0 Å². The van der Waals surface area contributed by atoms with E-state index in [1.54, 1.807) is 0 Å². The second-order valence-corrected chi connectivity index (χ2v) is 4.09. The molecule has 0 heterocycles. The first kappa shape index (κ1) is 10.6. The molecule has 2 rings (SSSR count). The predicted molar refractivity (Wildman–Crippen MR) is 59.9 cm³/mol. The first-order valence-corrected chi connectivity index (χ1v) is 5.03. The van der Waals surface area contributed by atoms with Crippen LogP contribution in [0.15, 0.2) is 30.3 Å². The summed E-state index contributed by atoms with van der Waals surface area (Å²) in [6.07, 6.45) is 1.52. The van der Waals surface area contributed by atoms with Crippen molar-refractivity contribution in [1.82, 2.24) is 0 Å². The van der Waals surface area contributed by atoms with E-state index in [9.17, 15) is 9.59 Å². The highest BCUT2D eigenvalue weighted by atomic mass is 16.4. The fraction of sp³-hybridized carbons (Fsp3) is 0.231. The highest BCUT2D eigenvalue weighted by molar-refractivity contribution is 6.23. The average molecular weight is 216 g/mol. The number of carbonyl (C=O) groups excluding carboxylic acids is 1. The molecule has 0 amide bonds. The highest BCUT2D eigenvalue weighted by Crippen LogP contribution is 2.51. The smallest absolute Gasteiger partial charge is 0.325 e. The molecule has 1 unspecified atom stereocenters. The zero-order chi connectivity index (χ0) is 11.9. The van der Waals surface area contributed by atoms with Crippen LogP contribution in [0.25, 0.3) is 5.57 Å². The number of hydrogen-bond donors (Lipinski definition) is 1. The lowest BCUT2D eigenvalue weighted by molar-refractivity contribution is -0.145. The maximum Gasteiger partial charge on any atom is 0.325 e. The van der Waals surface area contributed by atoms with Crippen molar-refractivity contribution in [2.75, 3.05) is 0 Å². The van der Waals surface area contributed by atoms with E-state index < -0.39 is 11.4 Å². The van der Waals surface area contributed by atoms with Gasteiger partial charge >= 0.3 is 5.97 Å². The third kappa shape index (κ3) is 1.36. The van der Waals surface area contributed by atoms with Crippen LogP contribution < -0.4 is 0 Å². The Bertz CT molecular complexity index is 480. The molecule has 1 aliphatic rings. The minimum atomic E-state index is -1.37. The molecule has 0 radical (unpaired) electrons. The van der Waals surface area contributed by atoms with E-state index in [0.29, 0.717) is 5.57 Å². The summed E-state index contributed by atoms with van der Waals surface area (Å²) < 4.78 is 0. The molecule has 0 fully saturated rings. The molecule has 1 aromatic carbocycles. The van der Waals surface area contributed by atoms with Crippen molar-refractivity contribution in [1.29, 1.82) is 0 Å². The summed E-state index contributed by atoms with van der Waals surface area (Å²) in [5.41, 5.74) is 1.15. The van der Waals surface area contributed by atoms with Crippen molar-refractivity contribution in [3.8, 4) is 0 Å². The molecule has 3 heteroatoms. The molecule has 0 saturated heterocycles. The summed E-state index contributed by atoms with van der Waals surface area (Å²) in [4.78, 5) is 22.5. The van der Waals surface area contributed by atoms with Gasteiger partial charge in [-0.3, -0.25) is 9.59 Å². The van der Waals surface area contributed by atoms with Crippen LogP contribution in [0.4, 0.5) is 0 Å². The van der Waals surface area contributed by atoms with E-state index in [4.69, 9.17) is 5.11 Å². The van der Waals surface area contributed by atoms with Crippen LogP contribution in [0.5, 0.6) is 0 Å². The number of carboxylic acids is 1. The number of carboxylic acid groups (broad SMARTS) is 1. The Labute approximate surface area is 93.4 Å². The minimum Gasteiger partial charge on any atom is -0.480 e. The van der Waals surface area contributed by atoms with Gasteiger partial charge in [-0.2, -0.15) is 0 Å².